The fraction of sp³-hybridized carbons (Fsp3) is 0.478. The summed E-state index contributed by atoms with van der Waals surface area (Å²) in [5, 5.41) is 2.97. The van der Waals surface area contributed by atoms with E-state index >= 15 is 0 Å². The Kier molecular flexibility index (Phi) is 8.04. The van der Waals surface area contributed by atoms with Crippen LogP contribution >= 0.6 is 0 Å². The van der Waals surface area contributed by atoms with Gasteiger partial charge in [0.05, 0.1) is 18.8 Å². The van der Waals surface area contributed by atoms with E-state index in [1.165, 1.54) is 0 Å². The van der Waals surface area contributed by atoms with E-state index in [2.05, 4.69) is 10.2 Å². The molecule has 1 aromatic heterocycles. The Balaban J connectivity index is 1.55. The van der Waals surface area contributed by atoms with Crippen LogP contribution in [0.15, 0.2) is 40.8 Å². The zero-order valence-electron chi connectivity index (χ0n) is 17.9. The Morgan fingerprint density at radius 2 is 1.87 bits per heavy atom. The minimum Gasteiger partial charge on any atom is -0.466 e. The van der Waals surface area contributed by atoms with Crippen LogP contribution in [0.3, 0.4) is 0 Å². The summed E-state index contributed by atoms with van der Waals surface area (Å²) >= 11 is 0. The molecule has 0 spiro atoms. The Morgan fingerprint density at radius 1 is 1.13 bits per heavy atom. The van der Waals surface area contributed by atoms with Crippen molar-refractivity contribution in [3.05, 3.63) is 59.0 Å². The molecular weight excluding hydrogens is 382 g/mol. The lowest BCUT2D eigenvalue weighted by molar-refractivity contribution is -0.121. The number of carbonyl (C=O) groups excluding carboxylic acids is 2. The molecule has 2 amide bonds. The van der Waals surface area contributed by atoms with Crippen LogP contribution in [-0.4, -0.2) is 67.6 Å². The number of nitrogens with zero attached hydrogens (tertiary/aromatic N) is 2. The van der Waals surface area contributed by atoms with Gasteiger partial charge in [0.2, 0.25) is 5.91 Å². The molecule has 7 nitrogen and oxygen atoms in total. The normalized spacial score (nSPS) is 14.5. The molecule has 1 saturated heterocycles. The van der Waals surface area contributed by atoms with E-state index in [4.69, 9.17) is 9.15 Å². The van der Waals surface area contributed by atoms with Gasteiger partial charge in [-0.1, -0.05) is 30.3 Å². The highest BCUT2D eigenvalue weighted by atomic mass is 16.5. The second-order valence-corrected chi connectivity index (χ2v) is 7.59. The smallest absolute Gasteiger partial charge is 0.257 e. The standard InChI is InChI=1S/C23H31N3O4/c1-18-16-21(19(2)30-18)23(28)26(17-20-6-4-3-5-7-20)10-8-22(27)24-9-11-25-12-14-29-15-13-25/h3-7,16H,8-15,17H2,1-2H3,(H,24,27). The van der Waals surface area contributed by atoms with Crippen LogP contribution in [0.2, 0.25) is 0 Å². The maximum Gasteiger partial charge on any atom is 0.257 e. The fourth-order valence-corrected chi connectivity index (χ4v) is 3.57. The van der Waals surface area contributed by atoms with Gasteiger partial charge in [0.25, 0.3) is 5.91 Å². The van der Waals surface area contributed by atoms with Gasteiger partial charge in [-0.3, -0.25) is 14.5 Å². The number of benzene rings is 1. The van der Waals surface area contributed by atoms with E-state index in [1.54, 1.807) is 17.9 Å². The molecule has 0 saturated carbocycles. The summed E-state index contributed by atoms with van der Waals surface area (Å²) in [5.74, 6) is 1.14. The van der Waals surface area contributed by atoms with Gasteiger partial charge in [-0.25, -0.2) is 0 Å². The molecular formula is C23H31N3O4. The highest BCUT2D eigenvalue weighted by Crippen LogP contribution is 2.18. The number of furan rings is 1. The van der Waals surface area contributed by atoms with Gasteiger partial charge in [0.15, 0.2) is 0 Å². The number of nitrogens with one attached hydrogen (secondary N) is 1. The van der Waals surface area contributed by atoms with Crippen LogP contribution in [0.25, 0.3) is 0 Å². The van der Waals surface area contributed by atoms with Gasteiger partial charge in [-0.2, -0.15) is 0 Å². The number of morpholine rings is 1. The fourth-order valence-electron chi connectivity index (χ4n) is 3.57. The number of carbonyl (C=O) groups is 2. The first-order valence-corrected chi connectivity index (χ1v) is 10.5. The van der Waals surface area contributed by atoms with Gasteiger partial charge < -0.3 is 19.4 Å². The van der Waals surface area contributed by atoms with Crippen LogP contribution in [0.4, 0.5) is 0 Å². The maximum absolute atomic E-state index is 13.1. The molecule has 1 aromatic carbocycles. The molecule has 162 valence electrons. The monoisotopic (exact) mass is 413 g/mol. The third-order valence-corrected chi connectivity index (χ3v) is 5.24. The van der Waals surface area contributed by atoms with Crippen LogP contribution in [0.5, 0.6) is 0 Å². The summed E-state index contributed by atoms with van der Waals surface area (Å²) in [6, 6.07) is 11.6. The van der Waals surface area contributed by atoms with Crippen LogP contribution in [0.1, 0.15) is 33.9 Å². The number of amides is 2. The largest absolute Gasteiger partial charge is 0.466 e. The molecule has 2 aromatic rings. The number of rotatable bonds is 9. The highest BCUT2D eigenvalue weighted by Gasteiger charge is 2.21. The molecule has 0 bridgehead atoms. The average molecular weight is 414 g/mol. The van der Waals surface area contributed by atoms with Crippen molar-refractivity contribution in [3.8, 4) is 0 Å². The molecule has 0 atom stereocenters. The minimum atomic E-state index is -0.116. The zero-order chi connectivity index (χ0) is 21.3. The third kappa shape index (κ3) is 6.43. The summed E-state index contributed by atoms with van der Waals surface area (Å²) in [5.41, 5.74) is 1.58. The maximum atomic E-state index is 13.1. The van der Waals surface area contributed by atoms with Crippen LogP contribution in [0, 0.1) is 13.8 Å². The molecule has 3 rings (SSSR count). The molecule has 1 fully saturated rings. The molecule has 2 heterocycles. The Bertz CT molecular complexity index is 828. The third-order valence-electron chi connectivity index (χ3n) is 5.24. The molecule has 0 unspecified atom stereocenters. The van der Waals surface area contributed by atoms with E-state index in [0.29, 0.717) is 36.7 Å². The Hall–Kier alpha value is -2.64. The molecule has 1 aliphatic heterocycles. The van der Waals surface area contributed by atoms with Crippen molar-refractivity contribution in [2.75, 3.05) is 45.9 Å². The first-order valence-electron chi connectivity index (χ1n) is 10.5. The van der Waals surface area contributed by atoms with Crippen LogP contribution < -0.4 is 5.32 Å². The first-order chi connectivity index (χ1) is 14.5. The number of aryl methyl sites for hydroxylation is 2. The van der Waals surface area contributed by atoms with Gasteiger partial charge >= 0.3 is 0 Å². The lowest BCUT2D eigenvalue weighted by atomic mass is 10.1. The summed E-state index contributed by atoms with van der Waals surface area (Å²) in [7, 11) is 0. The van der Waals surface area contributed by atoms with E-state index in [0.717, 1.165) is 38.4 Å². The van der Waals surface area contributed by atoms with Crippen molar-refractivity contribution < 1.29 is 18.7 Å². The average Bonchev–Trinajstić information content (AvgIpc) is 3.10. The first kappa shape index (κ1) is 22.1. The summed E-state index contributed by atoms with van der Waals surface area (Å²) in [6.45, 7) is 9.13. The lowest BCUT2D eigenvalue weighted by Crippen LogP contribution is -2.42. The quantitative estimate of drug-likeness (QED) is 0.683. The molecule has 0 aliphatic carbocycles. The summed E-state index contributed by atoms with van der Waals surface area (Å²) in [6.07, 6.45) is 0.261. The SMILES string of the molecule is Cc1cc(C(=O)N(CCC(=O)NCCN2CCOCC2)Cc2ccccc2)c(C)o1. The van der Waals surface area contributed by atoms with Crippen molar-refractivity contribution in [1.29, 1.82) is 0 Å². The van der Waals surface area contributed by atoms with Crippen molar-refractivity contribution >= 4 is 11.8 Å². The molecule has 1 aliphatic rings. The predicted molar refractivity (Wildman–Crippen MR) is 114 cm³/mol. The minimum absolute atomic E-state index is 0.0470. The second kappa shape index (κ2) is 10.9. The van der Waals surface area contributed by atoms with E-state index in [-0.39, 0.29) is 18.2 Å². The summed E-state index contributed by atoms with van der Waals surface area (Å²) < 4.78 is 10.9. The van der Waals surface area contributed by atoms with Gasteiger partial charge in [0, 0.05) is 45.7 Å². The number of ether oxygens (including phenoxy) is 1. The van der Waals surface area contributed by atoms with E-state index in [1.807, 2.05) is 37.3 Å². The second-order valence-electron chi connectivity index (χ2n) is 7.59. The van der Waals surface area contributed by atoms with Crippen molar-refractivity contribution in [2.45, 2.75) is 26.8 Å². The van der Waals surface area contributed by atoms with E-state index in [9.17, 15) is 9.59 Å². The van der Waals surface area contributed by atoms with E-state index < -0.39 is 0 Å². The Morgan fingerprint density at radius 3 is 2.53 bits per heavy atom. The predicted octanol–water partition coefficient (Wildman–Crippen LogP) is 2.38. The topological polar surface area (TPSA) is 75.0 Å². The number of hydrogen-bond donors (Lipinski definition) is 1. The van der Waals surface area contributed by atoms with Crippen molar-refractivity contribution in [2.24, 2.45) is 0 Å². The highest BCUT2D eigenvalue weighted by molar-refractivity contribution is 5.95. The van der Waals surface area contributed by atoms with Gasteiger partial charge in [-0.15, -0.1) is 0 Å². The zero-order valence-corrected chi connectivity index (χ0v) is 17.9. The van der Waals surface area contributed by atoms with Crippen LogP contribution in [-0.2, 0) is 16.1 Å². The van der Waals surface area contributed by atoms with Gasteiger partial charge in [0.1, 0.15) is 11.5 Å². The van der Waals surface area contributed by atoms with Crippen molar-refractivity contribution in [3.63, 3.8) is 0 Å². The molecule has 7 heteroatoms. The molecule has 30 heavy (non-hydrogen) atoms. The number of hydrogen-bond acceptors (Lipinski definition) is 5. The van der Waals surface area contributed by atoms with Crippen molar-refractivity contribution in [1.82, 2.24) is 15.1 Å². The van der Waals surface area contributed by atoms with Gasteiger partial charge in [-0.05, 0) is 25.5 Å². The summed E-state index contributed by atoms with van der Waals surface area (Å²) in [4.78, 5) is 29.5. The Labute approximate surface area is 178 Å². The molecule has 0 radical (unpaired) electrons. The lowest BCUT2D eigenvalue weighted by Gasteiger charge is -2.26. The molecule has 1 N–H and O–H groups in total.